The smallest absolute Gasteiger partial charge is 0.239 e. The molecule has 8 heteroatoms. The van der Waals surface area contributed by atoms with Gasteiger partial charge in [-0.2, -0.15) is 5.10 Å². The molecule has 140 valence electrons. The number of rotatable bonds is 3. The maximum Gasteiger partial charge on any atom is 0.239 e. The van der Waals surface area contributed by atoms with Gasteiger partial charge in [0.25, 0.3) is 0 Å². The summed E-state index contributed by atoms with van der Waals surface area (Å²) in [5, 5.41) is 7.09. The molecule has 1 fully saturated rings. The number of hydrogen-bond donors (Lipinski definition) is 1. The minimum absolute atomic E-state index is 0.0103. The lowest BCUT2D eigenvalue weighted by Gasteiger charge is -2.27. The summed E-state index contributed by atoms with van der Waals surface area (Å²) in [6.45, 7) is 2.31. The summed E-state index contributed by atoms with van der Waals surface area (Å²) >= 11 is 0. The minimum Gasteiger partial charge on any atom is -0.353 e. The second-order valence-electron chi connectivity index (χ2n) is 6.97. The number of piperazine rings is 1. The molecule has 2 aliphatic heterocycles. The van der Waals surface area contributed by atoms with Crippen LogP contribution in [0.25, 0.3) is 11.1 Å². The summed E-state index contributed by atoms with van der Waals surface area (Å²) in [7, 11) is 1.91. The highest BCUT2D eigenvalue weighted by atomic mass is 16.2. The zero-order valence-corrected chi connectivity index (χ0v) is 15.5. The van der Waals surface area contributed by atoms with Gasteiger partial charge in [0.2, 0.25) is 5.91 Å². The van der Waals surface area contributed by atoms with E-state index in [2.05, 4.69) is 38.6 Å². The fraction of sp³-hybridized carbons (Fsp3) is 0.250. The first-order valence-electron chi connectivity index (χ1n) is 9.18. The van der Waals surface area contributed by atoms with Gasteiger partial charge in [-0.05, 0) is 17.2 Å². The van der Waals surface area contributed by atoms with Crippen LogP contribution in [0.5, 0.6) is 0 Å². The van der Waals surface area contributed by atoms with Gasteiger partial charge in [0.05, 0.1) is 30.7 Å². The van der Waals surface area contributed by atoms with Crippen molar-refractivity contribution in [2.75, 3.05) is 24.5 Å². The second kappa shape index (κ2) is 6.56. The van der Waals surface area contributed by atoms with Crippen molar-refractivity contribution in [1.29, 1.82) is 0 Å². The number of aliphatic imine (C=N–C) groups is 1. The summed E-state index contributed by atoms with van der Waals surface area (Å²) in [4.78, 5) is 27.2. The van der Waals surface area contributed by atoms with Crippen molar-refractivity contribution < 1.29 is 4.79 Å². The SMILES string of the molecule is Cn1cc(-c2ccc3c(c2)C(c2cc(N4CCNC(=O)C4)ncn2)=NC3)cn1. The summed E-state index contributed by atoms with van der Waals surface area (Å²) in [5.74, 6) is 0.760. The number of hydrogen-bond acceptors (Lipinski definition) is 6. The van der Waals surface area contributed by atoms with Crippen molar-refractivity contribution in [2.45, 2.75) is 6.54 Å². The monoisotopic (exact) mass is 373 g/mol. The Morgan fingerprint density at radius 1 is 1.14 bits per heavy atom. The first-order valence-corrected chi connectivity index (χ1v) is 9.18. The molecular weight excluding hydrogens is 354 g/mol. The van der Waals surface area contributed by atoms with E-state index in [0.717, 1.165) is 40.5 Å². The maximum absolute atomic E-state index is 11.7. The topological polar surface area (TPSA) is 88.3 Å². The summed E-state index contributed by atoms with van der Waals surface area (Å²) in [6.07, 6.45) is 5.40. The zero-order valence-electron chi connectivity index (χ0n) is 15.5. The molecule has 1 aromatic carbocycles. The molecule has 4 heterocycles. The van der Waals surface area contributed by atoms with Gasteiger partial charge >= 0.3 is 0 Å². The normalized spacial score (nSPS) is 16.0. The van der Waals surface area contributed by atoms with E-state index in [4.69, 9.17) is 4.99 Å². The van der Waals surface area contributed by atoms with Crippen molar-refractivity contribution in [2.24, 2.45) is 12.0 Å². The van der Waals surface area contributed by atoms with Crippen LogP contribution in [0.15, 0.2) is 48.0 Å². The first-order chi connectivity index (χ1) is 13.7. The third-order valence-electron chi connectivity index (χ3n) is 5.07. The molecule has 0 bridgehead atoms. The molecule has 2 aromatic heterocycles. The van der Waals surface area contributed by atoms with Gasteiger partial charge in [0.1, 0.15) is 12.1 Å². The molecule has 2 aliphatic rings. The quantitative estimate of drug-likeness (QED) is 0.744. The van der Waals surface area contributed by atoms with Gasteiger partial charge in [0, 0.05) is 43.5 Å². The number of carbonyl (C=O) groups excluding carboxylic acids is 1. The molecule has 0 saturated carbocycles. The highest BCUT2D eigenvalue weighted by Crippen LogP contribution is 2.28. The van der Waals surface area contributed by atoms with Crippen LogP contribution in [0.2, 0.25) is 0 Å². The number of carbonyl (C=O) groups is 1. The van der Waals surface area contributed by atoms with Gasteiger partial charge in [-0.1, -0.05) is 12.1 Å². The van der Waals surface area contributed by atoms with Crippen molar-refractivity contribution in [3.05, 3.63) is 59.8 Å². The van der Waals surface area contributed by atoms with E-state index in [1.165, 1.54) is 5.56 Å². The summed E-state index contributed by atoms with van der Waals surface area (Å²) in [5.41, 5.74) is 6.08. The standard InChI is InChI=1S/C20H19N7O/c1-26-10-15(9-25-26)13-2-3-14-8-22-20(16(14)6-13)17-7-18(24-12-23-17)27-5-4-21-19(28)11-27/h2-3,6-7,9-10,12H,4-5,8,11H2,1H3,(H,21,28). The first kappa shape index (κ1) is 16.6. The Balaban J connectivity index is 1.49. The minimum atomic E-state index is 0.0103. The van der Waals surface area contributed by atoms with E-state index >= 15 is 0 Å². The molecule has 3 aromatic rings. The molecule has 1 N–H and O–H groups in total. The summed E-state index contributed by atoms with van der Waals surface area (Å²) < 4.78 is 1.79. The van der Waals surface area contributed by atoms with Gasteiger partial charge in [0.15, 0.2) is 0 Å². The number of benzene rings is 1. The van der Waals surface area contributed by atoms with E-state index in [9.17, 15) is 4.79 Å². The van der Waals surface area contributed by atoms with Crippen LogP contribution < -0.4 is 10.2 Å². The Hall–Kier alpha value is -3.55. The molecule has 8 nitrogen and oxygen atoms in total. The van der Waals surface area contributed by atoms with E-state index in [-0.39, 0.29) is 5.91 Å². The lowest BCUT2D eigenvalue weighted by Crippen LogP contribution is -2.48. The molecule has 0 unspecified atom stereocenters. The molecule has 0 spiro atoms. The van der Waals surface area contributed by atoms with E-state index in [0.29, 0.717) is 19.6 Å². The molecule has 1 saturated heterocycles. The Bertz CT molecular complexity index is 1100. The van der Waals surface area contributed by atoms with Crippen LogP contribution in [0.3, 0.4) is 0 Å². The summed E-state index contributed by atoms with van der Waals surface area (Å²) in [6, 6.07) is 8.29. The van der Waals surface area contributed by atoms with E-state index in [1.54, 1.807) is 11.0 Å². The Labute approximate surface area is 162 Å². The number of anilines is 1. The lowest BCUT2D eigenvalue weighted by molar-refractivity contribution is -0.120. The van der Waals surface area contributed by atoms with Crippen molar-refractivity contribution >= 4 is 17.4 Å². The second-order valence-corrected chi connectivity index (χ2v) is 6.97. The van der Waals surface area contributed by atoms with Crippen LogP contribution in [0.4, 0.5) is 5.82 Å². The Morgan fingerprint density at radius 2 is 2.07 bits per heavy atom. The van der Waals surface area contributed by atoms with Crippen molar-refractivity contribution in [3.63, 3.8) is 0 Å². The van der Waals surface area contributed by atoms with Crippen LogP contribution in [-0.4, -0.2) is 51.0 Å². The third-order valence-corrected chi connectivity index (χ3v) is 5.07. The molecular formula is C20H19N7O. The fourth-order valence-electron chi connectivity index (χ4n) is 3.64. The van der Waals surface area contributed by atoms with Gasteiger partial charge < -0.3 is 10.2 Å². The lowest BCUT2D eigenvalue weighted by atomic mass is 9.98. The fourth-order valence-corrected chi connectivity index (χ4v) is 3.64. The molecule has 0 aliphatic carbocycles. The Kier molecular flexibility index (Phi) is 3.89. The number of aromatic nitrogens is 4. The maximum atomic E-state index is 11.7. The van der Waals surface area contributed by atoms with Crippen LogP contribution in [0, 0.1) is 0 Å². The predicted octanol–water partition coefficient (Wildman–Crippen LogP) is 1.16. The predicted molar refractivity (Wildman–Crippen MR) is 105 cm³/mol. The van der Waals surface area contributed by atoms with Gasteiger partial charge in [-0.15, -0.1) is 0 Å². The molecule has 5 rings (SSSR count). The van der Waals surface area contributed by atoms with Gasteiger partial charge in [-0.3, -0.25) is 14.5 Å². The Morgan fingerprint density at radius 3 is 2.89 bits per heavy atom. The third kappa shape index (κ3) is 2.92. The average molecular weight is 373 g/mol. The molecule has 0 atom stereocenters. The van der Waals surface area contributed by atoms with Crippen molar-refractivity contribution in [1.82, 2.24) is 25.1 Å². The average Bonchev–Trinajstić information content (AvgIpc) is 3.34. The highest BCUT2D eigenvalue weighted by Gasteiger charge is 2.22. The van der Waals surface area contributed by atoms with Gasteiger partial charge in [-0.25, -0.2) is 9.97 Å². The van der Waals surface area contributed by atoms with E-state index in [1.807, 2.05) is 30.4 Å². The zero-order chi connectivity index (χ0) is 19.1. The van der Waals surface area contributed by atoms with Crippen LogP contribution in [-0.2, 0) is 18.4 Å². The highest BCUT2D eigenvalue weighted by molar-refractivity contribution is 6.14. The molecule has 1 amide bonds. The number of nitrogens with zero attached hydrogens (tertiary/aromatic N) is 6. The number of amides is 1. The number of fused-ring (bicyclic) bond motifs is 1. The van der Waals surface area contributed by atoms with E-state index < -0.39 is 0 Å². The molecule has 0 radical (unpaired) electrons. The van der Waals surface area contributed by atoms with Crippen LogP contribution >= 0.6 is 0 Å². The molecule has 28 heavy (non-hydrogen) atoms. The van der Waals surface area contributed by atoms with Crippen molar-refractivity contribution in [3.8, 4) is 11.1 Å². The van der Waals surface area contributed by atoms with Crippen LogP contribution in [0.1, 0.15) is 16.8 Å². The number of nitrogens with one attached hydrogen (secondary N) is 1. The largest absolute Gasteiger partial charge is 0.353 e. The number of aryl methyl sites for hydroxylation is 1.